The summed E-state index contributed by atoms with van der Waals surface area (Å²) in [5.41, 5.74) is 4.72. The maximum atomic E-state index is 11.3. The van der Waals surface area contributed by atoms with Crippen LogP contribution in [0.25, 0.3) is 0 Å². The summed E-state index contributed by atoms with van der Waals surface area (Å²) in [6.45, 7) is 0.959. The van der Waals surface area contributed by atoms with E-state index in [0.29, 0.717) is 0 Å². The van der Waals surface area contributed by atoms with Gasteiger partial charge in [0, 0.05) is 12.2 Å². The van der Waals surface area contributed by atoms with Crippen LogP contribution in [-0.2, 0) is 6.42 Å². The van der Waals surface area contributed by atoms with E-state index in [1.807, 2.05) is 36.4 Å². The zero-order chi connectivity index (χ0) is 17.1. The molecule has 2 nitrogen and oxygen atoms in total. The average molecular weight is 329 g/mol. The van der Waals surface area contributed by atoms with Crippen molar-refractivity contribution in [3.63, 3.8) is 0 Å². The molecule has 1 aliphatic rings. The first-order valence-electron chi connectivity index (χ1n) is 8.97. The molecule has 0 saturated heterocycles. The number of hydrogen-bond acceptors (Lipinski definition) is 2. The van der Waals surface area contributed by atoms with Crippen molar-refractivity contribution in [2.75, 3.05) is 11.4 Å². The summed E-state index contributed by atoms with van der Waals surface area (Å²) in [6, 6.07) is 28.9. The Morgan fingerprint density at radius 2 is 1.32 bits per heavy atom. The summed E-state index contributed by atoms with van der Waals surface area (Å²) >= 11 is 0. The Balaban J connectivity index is 1.79. The van der Waals surface area contributed by atoms with Gasteiger partial charge in [0.05, 0.1) is 6.04 Å². The van der Waals surface area contributed by atoms with Crippen molar-refractivity contribution in [1.29, 1.82) is 0 Å². The van der Waals surface area contributed by atoms with Crippen LogP contribution >= 0.6 is 0 Å². The number of rotatable bonds is 4. The molecule has 0 fully saturated rings. The van der Waals surface area contributed by atoms with E-state index in [2.05, 4.69) is 53.4 Å². The van der Waals surface area contributed by atoms with Crippen molar-refractivity contribution >= 4 is 5.69 Å². The van der Waals surface area contributed by atoms with Gasteiger partial charge in [0.2, 0.25) is 0 Å². The highest BCUT2D eigenvalue weighted by atomic mass is 16.3. The topological polar surface area (TPSA) is 23.5 Å². The van der Waals surface area contributed by atoms with Crippen LogP contribution in [-0.4, -0.2) is 11.7 Å². The molecule has 0 saturated carbocycles. The third-order valence-corrected chi connectivity index (χ3v) is 5.06. The van der Waals surface area contributed by atoms with Crippen LogP contribution in [0.15, 0.2) is 84.9 Å². The molecule has 0 radical (unpaired) electrons. The fourth-order valence-corrected chi connectivity index (χ4v) is 3.87. The minimum absolute atomic E-state index is 0.0925. The molecule has 3 aromatic carbocycles. The molecule has 25 heavy (non-hydrogen) atoms. The SMILES string of the molecule is O[C@@H](c1ccccc1)[C@@H](c1ccccc1)N1CCCc2ccccc21. The van der Waals surface area contributed by atoms with Crippen molar-refractivity contribution in [2.45, 2.75) is 25.0 Å². The Hall–Kier alpha value is -2.58. The molecular formula is C23H23NO. The second-order valence-electron chi connectivity index (χ2n) is 6.64. The lowest BCUT2D eigenvalue weighted by Gasteiger charge is -2.40. The number of anilines is 1. The van der Waals surface area contributed by atoms with E-state index in [0.717, 1.165) is 30.5 Å². The lowest BCUT2D eigenvalue weighted by molar-refractivity contribution is 0.141. The van der Waals surface area contributed by atoms with Crippen LogP contribution in [0.3, 0.4) is 0 Å². The normalized spacial score (nSPS) is 16.1. The van der Waals surface area contributed by atoms with E-state index in [4.69, 9.17) is 0 Å². The molecule has 0 spiro atoms. The number of benzene rings is 3. The molecule has 1 aliphatic heterocycles. The predicted octanol–water partition coefficient (Wildman–Crippen LogP) is 4.91. The summed E-state index contributed by atoms with van der Waals surface area (Å²) in [4.78, 5) is 2.38. The van der Waals surface area contributed by atoms with E-state index < -0.39 is 6.10 Å². The number of nitrogens with zero attached hydrogens (tertiary/aromatic N) is 1. The predicted molar refractivity (Wildman–Crippen MR) is 103 cm³/mol. The summed E-state index contributed by atoms with van der Waals surface area (Å²) in [5.74, 6) is 0. The molecule has 0 aromatic heterocycles. The van der Waals surface area contributed by atoms with Crippen molar-refractivity contribution in [3.05, 3.63) is 102 Å². The Bertz CT molecular complexity index is 816. The van der Waals surface area contributed by atoms with Gasteiger partial charge in [0.1, 0.15) is 6.10 Å². The first-order valence-corrected chi connectivity index (χ1v) is 8.97. The summed E-state index contributed by atoms with van der Waals surface area (Å²) in [7, 11) is 0. The standard InChI is InChI=1S/C23H23NO/c25-23(20-13-5-2-6-14-20)22(19-11-3-1-4-12-19)24-17-9-15-18-10-7-8-16-21(18)24/h1-8,10-14,16,22-23,25H,9,15,17H2/t22-,23+/m1/s1. The Kier molecular flexibility index (Phi) is 4.53. The van der Waals surface area contributed by atoms with E-state index in [1.54, 1.807) is 0 Å². The lowest BCUT2D eigenvalue weighted by atomic mass is 9.91. The fraction of sp³-hybridized carbons (Fsp3) is 0.217. The van der Waals surface area contributed by atoms with E-state index in [9.17, 15) is 5.11 Å². The largest absolute Gasteiger partial charge is 0.386 e. The molecule has 1 N–H and O–H groups in total. The van der Waals surface area contributed by atoms with Gasteiger partial charge >= 0.3 is 0 Å². The van der Waals surface area contributed by atoms with E-state index >= 15 is 0 Å². The third kappa shape index (κ3) is 3.18. The third-order valence-electron chi connectivity index (χ3n) is 5.06. The van der Waals surface area contributed by atoms with Crippen molar-refractivity contribution in [2.24, 2.45) is 0 Å². The first kappa shape index (κ1) is 15.9. The van der Waals surface area contributed by atoms with Crippen LogP contribution < -0.4 is 4.90 Å². The molecule has 1 heterocycles. The number of hydrogen-bond donors (Lipinski definition) is 1. The zero-order valence-electron chi connectivity index (χ0n) is 14.3. The van der Waals surface area contributed by atoms with Crippen LogP contribution in [0.2, 0.25) is 0 Å². The maximum absolute atomic E-state index is 11.3. The quantitative estimate of drug-likeness (QED) is 0.735. The van der Waals surface area contributed by atoms with Crippen molar-refractivity contribution in [3.8, 4) is 0 Å². The van der Waals surface area contributed by atoms with Crippen molar-refractivity contribution < 1.29 is 5.11 Å². The van der Waals surface area contributed by atoms with Gasteiger partial charge in [-0.15, -0.1) is 0 Å². The van der Waals surface area contributed by atoms with Gasteiger partial charge in [0.15, 0.2) is 0 Å². The molecule has 0 bridgehead atoms. The molecule has 2 atom stereocenters. The van der Waals surface area contributed by atoms with Crippen LogP contribution in [0.5, 0.6) is 0 Å². The summed E-state index contributed by atoms with van der Waals surface area (Å²) in [6.07, 6.45) is 1.65. The number of fused-ring (bicyclic) bond motifs is 1. The highest BCUT2D eigenvalue weighted by Crippen LogP contribution is 2.40. The lowest BCUT2D eigenvalue weighted by Crippen LogP contribution is -2.36. The van der Waals surface area contributed by atoms with Gasteiger partial charge in [-0.3, -0.25) is 0 Å². The van der Waals surface area contributed by atoms with E-state index in [1.165, 1.54) is 11.3 Å². The number of aliphatic hydroxyl groups is 1. The summed E-state index contributed by atoms with van der Waals surface area (Å²) in [5, 5.41) is 11.3. The molecular weight excluding hydrogens is 306 g/mol. The Morgan fingerprint density at radius 3 is 2.04 bits per heavy atom. The minimum atomic E-state index is -0.574. The molecule has 126 valence electrons. The van der Waals surface area contributed by atoms with Crippen LogP contribution in [0, 0.1) is 0 Å². The maximum Gasteiger partial charge on any atom is 0.103 e. The van der Waals surface area contributed by atoms with E-state index in [-0.39, 0.29) is 6.04 Å². The number of aliphatic hydroxyl groups excluding tert-OH is 1. The Labute approximate surface area is 149 Å². The average Bonchev–Trinajstić information content (AvgIpc) is 2.70. The highest BCUT2D eigenvalue weighted by Gasteiger charge is 2.31. The van der Waals surface area contributed by atoms with Crippen LogP contribution in [0.4, 0.5) is 5.69 Å². The van der Waals surface area contributed by atoms with Gasteiger partial charge in [-0.25, -0.2) is 0 Å². The molecule has 0 amide bonds. The molecule has 0 unspecified atom stereocenters. The van der Waals surface area contributed by atoms with Gasteiger partial charge in [-0.05, 0) is 35.6 Å². The zero-order valence-corrected chi connectivity index (χ0v) is 14.3. The highest BCUT2D eigenvalue weighted by molar-refractivity contribution is 5.57. The molecule has 0 aliphatic carbocycles. The second-order valence-corrected chi connectivity index (χ2v) is 6.64. The van der Waals surface area contributed by atoms with Gasteiger partial charge in [-0.1, -0.05) is 78.9 Å². The molecule has 4 rings (SSSR count). The molecule has 3 aromatic rings. The fourth-order valence-electron chi connectivity index (χ4n) is 3.87. The van der Waals surface area contributed by atoms with Gasteiger partial charge < -0.3 is 10.0 Å². The number of aryl methyl sites for hydroxylation is 1. The number of para-hydroxylation sites is 1. The monoisotopic (exact) mass is 329 g/mol. The first-order chi connectivity index (χ1) is 12.3. The smallest absolute Gasteiger partial charge is 0.103 e. The Morgan fingerprint density at radius 1 is 0.720 bits per heavy atom. The van der Waals surface area contributed by atoms with Gasteiger partial charge in [0.25, 0.3) is 0 Å². The van der Waals surface area contributed by atoms with Crippen molar-refractivity contribution in [1.82, 2.24) is 0 Å². The van der Waals surface area contributed by atoms with Gasteiger partial charge in [-0.2, -0.15) is 0 Å². The summed E-state index contributed by atoms with van der Waals surface area (Å²) < 4.78 is 0. The minimum Gasteiger partial charge on any atom is -0.386 e. The second kappa shape index (κ2) is 7.12. The molecule has 2 heteroatoms. The van der Waals surface area contributed by atoms with Crippen LogP contribution in [0.1, 0.15) is 35.3 Å².